The summed E-state index contributed by atoms with van der Waals surface area (Å²) in [5.41, 5.74) is 1.40. The molecule has 1 N–H and O–H groups in total. The summed E-state index contributed by atoms with van der Waals surface area (Å²) in [4.78, 5) is 2.34. The molecule has 0 aromatic carbocycles. The van der Waals surface area contributed by atoms with Gasteiger partial charge in [0.2, 0.25) is 0 Å². The highest BCUT2D eigenvalue weighted by Gasteiger charge is 2.13. The summed E-state index contributed by atoms with van der Waals surface area (Å²) in [5, 5.41) is 3.46. The van der Waals surface area contributed by atoms with Crippen molar-refractivity contribution in [2.45, 2.75) is 59.2 Å². The van der Waals surface area contributed by atoms with E-state index in [9.17, 15) is 0 Å². The van der Waals surface area contributed by atoms with Crippen molar-refractivity contribution in [3.8, 4) is 0 Å². The fourth-order valence-corrected chi connectivity index (χ4v) is 2.06. The molecule has 0 amide bonds. The first kappa shape index (κ1) is 17.0. The average Bonchev–Trinajstić information content (AvgIpc) is 2.67. The van der Waals surface area contributed by atoms with Gasteiger partial charge in [-0.3, -0.25) is 0 Å². The second kappa shape index (κ2) is 7.65. The van der Waals surface area contributed by atoms with Gasteiger partial charge in [-0.15, -0.1) is 6.58 Å². The molecule has 0 aliphatic carbocycles. The Balaban J connectivity index is 2.50. The van der Waals surface area contributed by atoms with E-state index >= 15 is 0 Å². The van der Waals surface area contributed by atoms with Crippen LogP contribution in [0.2, 0.25) is 0 Å². The van der Waals surface area contributed by atoms with Crippen LogP contribution in [0.1, 0.15) is 50.7 Å². The molecule has 1 rings (SSSR count). The first-order valence-electron chi connectivity index (χ1n) is 7.44. The van der Waals surface area contributed by atoms with Crippen LogP contribution >= 0.6 is 0 Å². The Morgan fingerprint density at radius 3 is 2.70 bits per heavy atom. The van der Waals surface area contributed by atoms with Gasteiger partial charge in [0.25, 0.3) is 0 Å². The Morgan fingerprint density at radius 2 is 2.10 bits per heavy atom. The molecule has 0 unspecified atom stereocenters. The highest BCUT2D eigenvalue weighted by atomic mass is 16.3. The van der Waals surface area contributed by atoms with Crippen LogP contribution in [0.25, 0.3) is 0 Å². The number of furan rings is 1. The van der Waals surface area contributed by atoms with Gasteiger partial charge in [0, 0.05) is 17.6 Å². The number of nitrogens with zero attached hydrogens (tertiary/aromatic N) is 1. The summed E-state index contributed by atoms with van der Waals surface area (Å²) in [6, 6.07) is 2.18. The summed E-state index contributed by atoms with van der Waals surface area (Å²) < 4.78 is 5.83. The Labute approximate surface area is 124 Å². The Kier molecular flexibility index (Phi) is 6.50. The van der Waals surface area contributed by atoms with Crippen molar-refractivity contribution in [2.75, 3.05) is 13.6 Å². The van der Waals surface area contributed by atoms with Gasteiger partial charge in [0.1, 0.15) is 11.5 Å². The van der Waals surface area contributed by atoms with Crippen molar-refractivity contribution >= 4 is 0 Å². The molecule has 0 aliphatic rings. The van der Waals surface area contributed by atoms with Gasteiger partial charge in [-0.2, -0.15) is 0 Å². The van der Waals surface area contributed by atoms with Gasteiger partial charge in [-0.1, -0.05) is 6.08 Å². The minimum absolute atomic E-state index is 0.113. The molecule has 0 aliphatic heterocycles. The zero-order valence-electron chi connectivity index (χ0n) is 13.8. The summed E-state index contributed by atoms with van der Waals surface area (Å²) in [6.45, 7) is 15.1. The van der Waals surface area contributed by atoms with Crippen LogP contribution in [-0.2, 0) is 13.1 Å². The van der Waals surface area contributed by atoms with E-state index in [1.807, 2.05) is 13.0 Å². The van der Waals surface area contributed by atoms with Crippen molar-refractivity contribution in [2.24, 2.45) is 0 Å². The van der Waals surface area contributed by atoms with Gasteiger partial charge >= 0.3 is 0 Å². The average molecular weight is 278 g/mol. The number of hydrogen-bond donors (Lipinski definition) is 1. The lowest BCUT2D eigenvalue weighted by molar-refractivity contribution is 0.320. The number of allylic oxidation sites excluding steroid dienone is 1. The van der Waals surface area contributed by atoms with Gasteiger partial charge in [-0.05, 0) is 60.2 Å². The Morgan fingerprint density at radius 1 is 1.40 bits per heavy atom. The van der Waals surface area contributed by atoms with Crippen LogP contribution < -0.4 is 5.32 Å². The number of rotatable bonds is 8. The molecule has 20 heavy (non-hydrogen) atoms. The summed E-state index contributed by atoms with van der Waals surface area (Å²) >= 11 is 0. The summed E-state index contributed by atoms with van der Waals surface area (Å²) in [6.07, 6.45) is 4.22. The smallest absolute Gasteiger partial charge is 0.118 e. The lowest BCUT2D eigenvalue weighted by Crippen LogP contribution is -2.34. The van der Waals surface area contributed by atoms with E-state index in [4.69, 9.17) is 4.42 Å². The molecule has 0 spiro atoms. The standard InChI is InChI=1S/C17H30N2O/c1-7-8-9-10-19(6)13-15-11-16(20-14(15)2)12-18-17(3,4)5/h7,11,18H,1,8-10,12-13H2,2-6H3. The van der Waals surface area contributed by atoms with Crippen LogP contribution in [0.3, 0.4) is 0 Å². The SMILES string of the molecule is C=CCCCN(C)Cc1cc(CNC(C)(C)C)oc1C. The highest BCUT2D eigenvalue weighted by Crippen LogP contribution is 2.17. The Bertz CT molecular complexity index is 415. The largest absolute Gasteiger partial charge is 0.465 e. The fourth-order valence-electron chi connectivity index (χ4n) is 2.06. The van der Waals surface area contributed by atoms with Crippen molar-refractivity contribution in [3.63, 3.8) is 0 Å². The topological polar surface area (TPSA) is 28.4 Å². The molecular formula is C17H30N2O. The molecule has 0 saturated heterocycles. The van der Waals surface area contributed by atoms with Crippen molar-refractivity contribution in [1.29, 1.82) is 0 Å². The van der Waals surface area contributed by atoms with E-state index in [-0.39, 0.29) is 5.54 Å². The fraction of sp³-hybridized carbons (Fsp3) is 0.647. The quantitative estimate of drug-likeness (QED) is 0.578. The lowest BCUT2D eigenvalue weighted by atomic mass is 10.1. The lowest BCUT2D eigenvalue weighted by Gasteiger charge is -2.19. The summed E-state index contributed by atoms with van der Waals surface area (Å²) in [7, 11) is 2.16. The normalized spacial score (nSPS) is 12.1. The molecule has 114 valence electrons. The van der Waals surface area contributed by atoms with E-state index in [2.05, 4.69) is 50.7 Å². The van der Waals surface area contributed by atoms with Crippen LogP contribution in [0.15, 0.2) is 23.1 Å². The minimum Gasteiger partial charge on any atom is -0.465 e. The molecule has 0 radical (unpaired) electrons. The predicted molar refractivity (Wildman–Crippen MR) is 85.8 cm³/mol. The molecule has 0 atom stereocenters. The molecule has 3 nitrogen and oxygen atoms in total. The van der Waals surface area contributed by atoms with Crippen molar-refractivity contribution in [1.82, 2.24) is 10.2 Å². The monoisotopic (exact) mass is 278 g/mol. The maximum atomic E-state index is 5.83. The Hall–Kier alpha value is -1.06. The second-order valence-corrected chi connectivity index (χ2v) is 6.57. The number of nitrogens with one attached hydrogen (secondary N) is 1. The zero-order valence-corrected chi connectivity index (χ0v) is 13.8. The third-order valence-electron chi connectivity index (χ3n) is 3.25. The molecule has 0 fully saturated rings. The maximum Gasteiger partial charge on any atom is 0.118 e. The highest BCUT2D eigenvalue weighted by molar-refractivity contribution is 5.20. The van der Waals surface area contributed by atoms with E-state index in [1.165, 1.54) is 5.56 Å². The molecule has 1 aromatic heterocycles. The molecule has 1 heterocycles. The third kappa shape index (κ3) is 6.40. The van der Waals surface area contributed by atoms with Crippen LogP contribution in [-0.4, -0.2) is 24.0 Å². The second-order valence-electron chi connectivity index (χ2n) is 6.57. The van der Waals surface area contributed by atoms with Gasteiger partial charge < -0.3 is 14.6 Å². The van der Waals surface area contributed by atoms with Crippen LogP contribution in [0.5, 0.6) is 0 Å². The zero-order chi connectivity index (χ0) is 15.2. The van der Waals surface area contributed by atoms with Crippen LogP contribution in [0, 0.1) is 6.92 Å². The van der Waals surface area contributed by atoms with Crippen molar-refractivity contribution in [3.05, 3.63) is 35.8 Å². The first-order chi connectivity index (χ1) is 9.31. The van der Waals surface area contributed by atoms with Gasteiger partial charge in [-0.25, -0.2) is 0 Å². The number of aryl methyl sites for hydroxylation is 1. The number of hydrogen-bond acceptors (Lipinski definition) is 3. The minimum atomic E-state index is 0.113. The summed E-state index contributed by atoms with van der Waals surface area (Å²) in [5.74, 6) is 2.05. The van der Waals surface area contributed by atoms with Gasteiger partial charge in [0.15, 0.2) is 0 Å². The molecular weight excluding hydrogens is 248 g/mol. The van der Waals surface area contributed by atoms with Gasteiger partial charge in [0.05, 0.1) is 6.54 Å². The maximum absolute atomic E-state index is 5.83. The first-order valence-corrected chi connectivity index (χ1v) is 7.44. The number of unbranched alkanes of at least 4 members (excludes halogenated alkanes) is 1. The molecule has 0 bridgehead atoms. The van der Waals surface area contributed by atoms with E-state index in [0.717, 1.165) is 44.0 Å². The third-order valence-corrected chi connectivity index (χ3v) is 3.25. The molecule has 0 saturated carbocycles. The van der Waals surface area contributed by atoms with E-state index in [1.54, 1.807) is 0 Å². The van der Waals surface area contributed by atoms with E-state index in [0.29, 0.717) is 0 Å². The molecule has 1 aromatic rings. The van der Waals surface area contributed by atoms with Crippen LogP contribution in [0.4, 0.5) is 0 Å². The molecule has 3 heteroatoms. The predicted octanol–water partition coefficient (Wildman–Crippen LogP) is 3.87. The van der Waals surface area contributed by atoms with E-state index < -0.39 is 0 Å². The van der Waals surface area contributed by atoms with Crippen molar-refractivity contribution < 1.29 is 4.42 Å².